The van der Waals surface area contributed by atoms with Gasteiger partial charge in [-0.1, -0.05) is 36.4 Å². The van der Waals surface area contributed by atoms with Gasteiger partial charge in [0.25, 0.3) is 0 Å². The molecule has 8 heteroatoms. The van der Waals surface area contributed by atoms with Crippen LogP contribution in [0, 0.1) is 0 Å². The van der Waals surface area contributed by atoms with Gasteiger partial charge in [-0.2, -0.15) is 10.2 Å². The molecule has 0 aliphatic carbocycles. The molecule has 0 radical (unpaired) electrons. The third-order valence-electron chi connectivity index (χ3n) is 3.46. The molecule has 0 fully saturated rings. The normalized spacial score (nSPS) is 15.5. The minimum absolute atomic E-state index is 0.0303. The van der Waals surface area contributed by atoms with Crippen LogP contribution in [0.15, 0.2) is 70.9 Å². The zero-order valence-electron chi connectivity index (χ0n) is 14.0. The van der Waals surface area contributed by atoms with Gasteiger partial charge in [-0.05, 0) is 24.3 Å². The third kappa shape index (κ3) is 5.94. The Labute approximate surface area is 151 Å². The van der Waals surface area contributed by atoms with Gasteiger partial charge in [0.05, 0.1) is 24.2 Å². The van der Waals surface area contributed by atoms with Crippen LogP contribution in [0.2, 0.25) is 0 Å². The molecule has 0 heterocycles. The van der Waals surface area contributed by atoms with Crippen LogP contribution < -0.4 is 10.9 Å². The van der Waals surface area contributed by atoms with Crippen LogP contribution in [0.1, 0.15) is 0 Å². The molecule has 3 unspecified atom stereocenters. The first-order chi connectivity index (χ1) is 12.6. The van der Waals surface area contributed by atoms with E-state index in [0.717, 1.165) is 5.69 Å². The molecule has 0 aromatic heterocycles. The quantitative estimate of drug-likeness (QED) is 0.288. The van der Waals surface area contributed by atoms with E-state index in [-0.39, 0.29) is 5.71 Å². The SMILES string of the molecule is OCC(O)C(O)C(O)C(/C=N/Nc1ccccc1)=N/Nc1ccccc1. The molecule has 0 aliphatic heterocycles. The number of hydrazone groups is 2. The molecule has 2 aromatic carbocycles. The molecule has 0 spiro atoms. The standard InChI is InChI=1S/C18H22N4O4/c23-12-16(24)18(26)17(25)15(22-21-14-9-5-2-6-10-14)11-19-20-13-7-3-1-4-8-13/h1-11,16-18,20-21,23-26H,12H2/b19-11+,22-15+. The Morgan fingerprint density at radius 3 is 1.96 bits per heavy atom. The van der Waals surface area contributed by atoms with Crippen LogP contribution in [-0.4, -0.2) is 57.3 Å². The molecule has 2 aromatic rings. The number of aliphatic hydroxyl groups excluding tert-OH is 4. The van der Waals surface area contributed by atoms with Crippen molar-refractivity contribution in [3.05, 3.63) is 60.7 Å². The number of hydrogen-bond donors (Lipinski definition) is 6. The molecule has 3 atom stereocenters. The second kappa shape index (κ2) is 10.3. The Kier molecular flexibility index (Phi) is 7.72. The summed E-state index contributed by atoms with van der Waals surface area (Å²) in [7, 11) is 0. The van der Waals surface area contributed by atoms with E-state index in [1.165, 1.54) is 6.21 Å². The lowest BCUT2D eigenvalue weighted by molar-refractivity contribution is -0.0548. The first-order valence-electron chi connectivity index (χ1n) is 7.99. The summed E-state index contributed by atoms with van der Waals surface area (Å²) in [5.41, 5.74) is 6.87. The van der Waals surface area contributed by atoms with Crippen LogP contribution >= 0.6 is 0 Å². The summed E-state index contributed by atoms with van der Waals surface area (Å²) in [4.78, 5) is 0. The van der Waals surface area contributed by atoms with Crippen molar-refractivity contribution in [3.63, 3.8) is 0 Å². The summed E-state index contributed by atoms with van der Waals surface area (Å²) in [6.45, 7) is -0.697. The van der Waals surface area contributed by atoms with Crippen LogP contribution in [0.25, 0.3) is 0 Å². The van der Waals surface area contributed by atoms with Crippen molar-refractivity contribution in [1.82, 2.24) is 0 Å². The molecule has 8 nitrogen and oxygen atoms in total. The fraction of sp³-hybridized carbons (Fsp3) is 0.222. The van der Waals surface area contributed by atoms with Gasteiger partial charge in [-0.25, -0.2) is 0 Å². The highest BCUT2D eigenvalue weighted by Gasteiger charge is 2.27. The van der Waals surface area contributed by atoms with Crippen LogP contribution in [0.3, 0.4) is 0 Å². The maximum absolute atomic E-state index is 10.2. The molecular formula is C18H22N4O4. The Morgan fingerprint density at radius 2 is 1.42 bits per heavy atom. The van der Waals surface area contributed by atoms with Crippen molar-refractivity contribution in [2.45, 2.75) is 18.3 Å². The highest BCUT2D eigenvalue weighted by atomic mass is 16.4. The Bertz CT molecular complexity index is 710. The van der Waals surface area contributed by atoms with Crippen molar-refractivity contribution in [2.24, 2.45) is 10.2 Å². The third-order valence-corrected chi connectivity index (χ3v) is 3.46. The fourth-order valence-corrected chi connectivity index (χ4v) is 1.99. The summed E-state index contributed by atoms with van der Waals surface area (Å²) in [5.74, 6) is 0. The lowest BCUT2D eigenvalue weighted by Gasteiger charge is -2.21. The van der Waals surface area contributed by atoms with Gasteiger partial charge in [0.15, 0.2) is 0 Å². The highest BCUT2D eigenvalue weighted by Crippen LogP contribution is 2.08. The summed E-state index contributed by atoms with van der Waals surface area (Å²) in [5, 5.41) is 46.7. The monoisotopic (exact) mass is 358 g/mol. The Hall–Kier alpha value is -2.78. The van der Waals surface area contributed by atoms with E-state index in [9.17, 15) is 15.3 Å². The molecule has 6 N–H and O–H groups in total. The van der Waals surface area contributed by atoms with Crippen molar-refractivity contribution >= 4 is 23.3 Å². The largest absolute Gasteiger partial charge is 0.394 e. The minimum Gasteiger partial charge on any atom is -0.394 e. The van der Waals surface area contributed by atoms with Gasteiger partial charge in [0.2, 0.25) is 0 Å². The average Bonchev–Trinajstić information content (AvgIpc) is 2.70. The molecule has 0 saturated carbocycles. The highest BCUT2D eigenvalue weighted by molar-refractivity contribution is 6.33. The maximum Gasteiger partial charge on any atom is 0.128 e. The Balaban J connectivity index is 2.14. The smallest absolute Gasteiger partial charge is 0.128 e. The predicted molar refractivity (Wildman–Crippen MR) is 101 cm³/mol. The molecule has 0 amide bonds. The van der Waals surface area contributed by atoms with Crippen molar-refractivity contribution < 1.29 is 20.4 Å². The molecule has 2 rings (SSSR count). The number of aliphatic hydroxyl groups is 4. The summed E-state index contributed by atoms with van der Waals surface area (Å²) >= 11 is 0. The van der Waals surface area contributed by atoms with E-state index in [4.69, 9.17) is 5.11 Å². The zero-order chi connectivity index (χ0) is 18.8. The molecule has 26 heavy (non-hydrogen) atoms. The summed E-state index contributed by atoms with van der Waals surface area (Å²) < 4.78 is 0. The summed E-state index contributed by atoms with van der Waals surface area (Å²) in [6.07, 6.45) is -3.47. The second-order valence-corrected chi connectivity index (χ2v) is 5.44. The summed E-state index contributed by atoms with van der Waals surface area (Å²) in [6, 6.07) is 18.1. The van der Waals surface area contributed by atoms with Crippen molar-refractivity contribution in [3.8, 4) is 0 Å². The van der Waals surface area contributed by atoms with Gasteiger partial charge in [0, 0.05) is 0 Å². The van der Waals surface area contributed by atoms with E-state index < -0.39 is 24.9 Å². The first-order valence-corrected chi connectivity index (χ1v) is 7.99. The number of para-hydroxylation sites is 2. The molecule has 0 bridgehead atoms. The van der Waals surface area contributed by atoms with Gasteiger partial charge in [-0.15, -0.1) is 0 Å². The lowest BCUT2D eigenvalue weighted by atomic mass is 10.0. The van der Waals surface area contributed by atoms with Gasteiger partial charge < -0.3 is 20.4 Å². The number of rotatable bonds is 9. The van der Waals surface area contributed by atoms with Crippen molar-refractivity contribution in [2.75, 3.05) is 17.5 Å². The van der Waals surface area contributed by atoms with E-state index >= 15 is 0 Å². The molecule has 138 valence electrons. The molecule has 0 aliphatic rings. The van der Waals surface area contributed by atoms with E-state index in [0.29, 0.717) is 5.69 Å². The maximum atomic E-state index is 10.2. The topological polar surface area (TPSA) is 130 Å². The van der Waals surface area contributed by atoms with Gasteiger partial charge in [-0.3, -0.25) is 10.9 Å². The number of benzene rings is 2. The van der Waals surface area contributed by atoms with Crippen LogP contribution in [0.5, 0.6) is 0 Å². The van der Waals surface area contributed by atoms with Crippen LogP contribution in [-0.2, 0) is 0 Å². The molecule has 0 saturated heterocycles. The zero-order valence-corrected chi connectivity index (χ0v) is 14.0. The predicted octanol–water partition coefficient (Wildman–Crippen LogP) is 0.627. The van der Waals surface area contributed by atoms with Gasteiger partial charge in [0.1, 0.15) is 24.0 Å². The van der Waals surface area contributed by atoms with E-state index in [1.54, 1.807) is 24.3 Å². The van der Waals surface area contributed by atoms with Gasteiger partial charge >= 0.3 is 0 Å². The Morgan fingerprint density at radius 1 is 0.885 bits per heavy atom. The minimum atomic E-state index is -1.63. The average molecular weight is 358 g/mol. The lowest BCUT2D eigenvalue weighted by Crippen LogP contribution is -2.44. The first kappa shape index (κ1) is 19.5. The number of nitrogens with zero attached hydrogens (tertiary/aromatic N) is 2. The van der Waals surface area contributed by atoms with Crippen molar-refractivity contribution in [1.29, 1.82) is 0 Å². The van der Waals surface area contributed by atoms with E-state index in [1.807, 2.05) is 36.4 Å². The molecular weight excluding hydrogens is 336 g/mol. The fourth-order valence-electron chi connectivity index (χ4n) is 1.99. The van der Waals surface area contributed by atoms with E-state index in [2.05, 4.69) is 21.1 Å². The number of nitrogens with one attached hydrogen (secondary N) is 2. The number of hydrogen-bond acceptors (Lipinski definition) is 8. The second-order valence-electron chi connectivity index (χ2n) is 5.44. The number of anilines is 2. The van der Waals surface area contributed by atoms with Crippen LogP contribution in [0.4, 0.5) is 11.4 Å².